The summed E-state index contributed by atoms with van der Waals surface area (Å²) in [6, 6.07) is 13.0. The zero-order valence-corrected chi connectivity index (χ0v) is 15.2. The summed E-state index contributed by atoms with van der Waals surface area (Å²) in [7, 11) is 0. The second-order valence-electron chi connectivity index (χ2n) is 5.87. The number of ether oxygens (including phenoxy) is 1. The van der Waals surface area contributed by atoms with Crippen LogP contribution in [0.2, 0.25) is 0 Å². The van der Waals surface area contributed by atoms with E-state index in [0.717, 1.165) is 11.3 Å². The van der Waals surface area contributed by atoms with Gasteiger partial charge in [-0.1, -0.05) is 18.2 Å². The van der Waals surface area contributed by atoms with Crippen molar-refractivity contribution < 1.29 is 9.53 Å². The van der Waals surface area contributed by atoms with Gasteiger partial charge >= 0.3 is 0 Å². The van der Waals surface area contributed by atoms with Crippen molar-refractivity contribution in [3.8, 4) is 5.75 Å². The van der Waals surface area contributed by atoms with Crippen LogP contribution < -0.4 is 15.4 Å². The Balaban J connectivity index is 2.06. The average Bonchev–Trinajstić information content (AvgIpc) is 2.50. The molecule has 0 aromatic heterocycles. The molecule has 24 heavy (non-hydrogen) atoms. The third-order valence-electron chi connectivity index (χ3n) is 3.49. The summed E-state index contributed by atoms with van der Waals surface area (Å²) in [6.45, 7) is 7.91. The molecule has 0 aliphatic heterocycles. The molecule has 5 heteroatoms. The van der Waals surface area contributed by atoms with Crippen molar-refractivity contribution >= 4 is 28.9 Å². The van der Waals surface area contributed by atoms with Gasteiger partial charge in [0.1, 0.15) is 5.75 Å². The molecule has 2 aromatic carbocycles. The van der Waals surface area contributed by atoms with Gasteiger partial charge in [0, 0.05) is 5.69 Å². The molecule has 0 atom stereocenters. The van der Waals surface area contributed by atoms with E-state index in [0.29, 0.717) is 11.3 Å². The van der Waals surface area contributed by atoms with Gasteiger partial charge in [-0.25, -0.2) is 0 Å². The van der Waals surface area contributed by atoms with Crippen LogP contribution in [0.15, 0.2) is 42.5 Å². The highest BCUT2D eigenvalue weighted by atomic mass is 32.1. The highest BCUT2D eigenvalue weighted by molar-refractivity contribution is 7.80. The van der Waals surface area contributed by atoms with Gasteiger partial charge in [0.15, 0.2) is 5.11 Å². The summed E-state index contributed by atoms with van der Waals surface area (Å²) in [5.41, 5.74) is 3.66. The van der Waals surface area contributed by atoms with E-state index < -0.39 is 0 Å². The fraction of sp³-hybridized carbons (Fsp3) is 0.263. The Hall–Kier alpha value is -2.40. The molecule has 2 rings (SSSR count). The van der Waals surface area contributed by atoms with Crippen LogP contribution in [0.1, 0.15) is 35.3 Å². The summed E-state index contributed by atoms with van der Waals surface area (Å²) in [4.78, 5) is 12.5. The number of carbonyl (C=O) groups is 1. The summed E-state index contributed by atoms with van der Waals surface area (Å²) < 4.78 is 5.67. The molecular weight excluding hydrogens is 320 g/mol. The topological polar surface area (TPSA) is 50.4 Å². The lowest BCUT2D eigenvalue weighted by Crippen LogP contribution is -2.34. The Morgan fingerprint density at radius 3 is 2.46 bits per heavy atom. The minimum Gasteiger partial charge on any atom is -0.490 e. The molecule has 0 heterocycles. The van der Waals surface area contributed by atoms with E-state index in [-0.39, 0.29) is 17.1 Å². The Morgan fingerprint density at radius 2 is 1.79 bits per heavy atom. The third kappa shape index (κ3) is 4.80. The van der Waals surface area contributed by atoms with E-state index in [2.05, 4.69) is 10.6 Å². The zero-order chi connectivity index (χ0) is 17.7. The van der Waals surface area contributed by atoms with Crippen LogP contribution in [0.3, 0.4) is 0 Å². The molecule has 1 amide bonds. The van der Waals surface area contributed by atoms with Crippen LogP contribution in [0.5, 0.6) is 5.75 Å². The first-order valence-electron chi connectivity index (χ1n) is 7.82. The predicted octanol–water partition coefficient (Wildman–Crippen LogP) is 4.22. The first kappa shape index (κ1) is 17.9. The van der Waals surface area contributed by atoms with Crippen LogP contribution in [-0.2, 0) is 0 Å². The number of thiocarbonyl (C=S) groups is 1. The molecule has 0 radical (unpaired) electrons. The van der Waals surface area contributed by atoms with Crippen molar-refractivity contribution in [2.75, 3.05) is 5.32 Å². The van der Waals surface area contributed by atoms with Gasteiger partial charge in [-0.15, -0.1) is 0 Å². The molecule has 126 valence electrons. The number of carbonyl (C=O) groups excluding carboxylic acids is 1. The minimum atomic E-state index is -0.299. The van der Waals surface area contributed by atoms with E-state index in [1.807, 2.05) is 52.0 Å². The zero-order valence-electron chi connectivity index (χ0n) is 14.3. The van der Waals surface area contributed by atoms with Gasteiger partial charge in [0.25, 0.3) is 5.91 Å². The lowest BCUT2D eigenvalue weighted by atomic mass is 10.1. The second-order valence-corrected chi connectivity index (χ2v) is 6.28. The molecular formula is C19H22N2O2S. The molecule has 2 aromatic rings. The van der Waals surface area contributed by atoms with Gasteiger partial charge in [0.2, 0.25) is 0 Å². The van der Waals surface area contributed by atoms with Crippen molar-refractivity contribution in [1.29, 1.82) is 0 Å². The van der Waals surface area contributed by atoms with E-state index in [1.54, 1.807) is 18.2 Å². The van der Waals surface area contributed by atoms with Crippen molar-refractivity contribution in [2.24, 2.45) is 0 Å². The van der Waals surface area contributed by atoms with Crippen molar-refractivity contribution in [3.05, 3.63) is 59.2 Å². The summed E-state index contributed by atoms with van der Waals surface area (Å²) in [5, 5.41) is 5.98. The van der Waals surface area contributed by atoms with Crippen molar-refractivity contribution in [2.45, 2.75) is 33.8 Å². The molecule has 0 saturated heterocycles. The van der Waals surface area contributed by atoms with E-state index in [9.17, 15) is 4.79 Å². The largest absolute Gasteiger partial charge is 0.490 e. The smallest absolute Gasteiger partial charge is 0.261 e. The lowest BCUT2D eigenvalue weighted by Gasteiger charge is -2.15. The maximum atomic E-state index is 12.5. The number of benzene rings is 2. The van der Waals surface area contributed by atoms with Gasteiger partial charge in [-0.2, -0.15) is 0 Å². The molecule has 2 N–H and O–H groups in total. The highest BCUT2D eigenvalue weighted by Gasteiger charge is 2.14. The number of hydrogen-bond donors (Lipinski definition) is 2. The number of aryl methyl sites for hydroxylation is 2. The van der Waals surface area contributed by atoms with Crippen LogP contribution in [0, 0.1) is 13.8 Å². The molecule has 0 bridgehead atoms. The Bertz CT molecular complexity index is 757. The number of amides is 1. The quantitative estimate of drug-likeness (QED) is 0.817. The van der Waals surface area contributed by atoms with Crippen molar-refractivity contribution in [1.82, 2.24) is 5.32 Å². The Kier molecular flexibility index (Phi) is 5.93. The van der Waals surface area contributed by atoms with E-state index in [4.69, 9.17) is 17.0 Å². The van der Waals surface area contributed by atoms with Gasteiger partial charge in [-0.05, 0) is 75.3 Å². The van der Waals surface area contributed by atoms with Crippen LogP contribution in [0.25, 0.3) is 0 Å². The highest BCUT2D eigenvalue weighted by Crippen LogP contribution is 2.19. The summed E-state index contributed by atoms with van der Waals surface area (Å²) in [5.74, 6) is 0.242. The second kappa shape index (κ2) is 7.93. The number of rotatable bonds is 4. The van der Waals surface area contributed by atoms with Gasteiger partial charge in [-0.3, -0.25) is 10.1 Å². The maximum absolute atomic E-state index is 12.5. The molecule has 0 aliphatic carbocycles. The molecule has 0 aliphatic rings. The average molecular weight is 342 g/mol. The standard InChI is InChI=1S/C19H22N2O2S/c1-12(2)23-17-8-6-5-7-16(17)18(22)21-19(24)20-15-10-9-13(3)14(4)11-15/h5-12H,1-4H3,(H2,20,21,22,24). The number of hydrogen-bond acceptors (Lipinski definition) is 3. The normalized spacial score (nSPS) is 10.4. The first-order chi connectivity index (χ1) is 11.4. The Labute approximate surface area is 148 Å². The minimum absolute atomic E-state index is 0.0143. The first-order valence-corrected chi connectivity index (χ1v) is 8.23. The maximum Gasteiger partial charge on any atom is 0.261 e. The fourth-order valence-corrected chi connectivity index (χ4v) is 2.37. The lowest BCUT2D eigenvalue weighted by molar-refractivity contribution is 0.0972. The van der Waals surface area contributed by atoms with E-state index >= 15 is 0 Å². The Morgan fingerprint density at radius 1 is 1.08 bits per heavy atom. The number of para-hydroxylation sites is 1. The fourth-order valence-electron chi connectivity index (χ4n) is 2.16. The summed E-state index contributed by atoms with van der Waals surface area (Å²) >= 11 is 5.24. The monoisotopic (exact) mass is 342 g/mol. The van der Waals surface area contributed by atoms with Crippen LogP contribution >= 0.6 is 12.2 Å². The number of nitrogens with one attached hydrogen (secondary N) is 2. The molecule has 4 nitrogen and oxygen atoms in total. The van der Waals surface area contributed by atoms with Crippen molar-refractivity contribution in [3.63, 3.8) is 0 Å². The molecule has 0 spiro atoms. The van der Waals surface area contributed by atoms with Crippen LogP contribution in [-0.4, -0.2) is 17.1 Å². The van der Waals surface area contributed by atoms with Gasteiger partial charge < -0.3 is 10.1 Å². The van der Waals surface area contributed by atoms with Crippen LogP contribution in [0.4, 0.5) is 5.69 Å². The van der Waals surface area contributed by atoms with Gasteiger partial charge in [0.05, 0.1) is 11.7 Å². The predicted molar refractivity (Wildman–Crippen MR) is 102 cm³/mol. The number of anilines is 1. The third-order valence-corrected chi connectivity index (χ3v) is 3.69. The molecule has 0 saturated carbocycles. The molecule has 0 unspecified atom stereocenters. The summed E-state index contributed by atoms with van der Waals surface area (Å²) in [6.07, 6.45) is -0.0143. The molecule has 0 fully saturated rings. The van der Waals surface area contributed by atoms with E-state index in [1.165, 1.54) is 5.56 Å². The SMILES string of the molecule is Cc1ccc(NC(=S)NC(=O)c2ccccc2OC(C)C)cc1C.